The first kappa shape index (κ1) is 12.9. The van der Waals surface area contributed by atoms with Crippen LogP contribution in [0.15, 0.2) is 0 Å². The van der Waals surface area contributed by atoms with Gasteiger partial charge in [0.1, 0.15) is 0 Å². The summed E-state index contributed by atoms with van der Waals surface area (Å²) in [6, 6.07) is 0. The van der Waals surface area contributed by atoms with Gasteiger partial charge < -0.3 is 11.5 Å². The molecule has 0 aromatic rings. The first-order valence-electron chi connectivity index (χ1n) is 5.75. The molecule has 0 amide bonds. The highest BCUT2D eigenvalue weighted by atomic mass is 14.5. The fourth-order valence-electron chi connectivity index (χ4n) is 1.83. The SMILES string of the molecule is CCCC(CCN)CCCCCN. The quantitative estimate of drug-likeness (QED) is 0.543. The van der Waals surface area contributed by atoms with Gasteiger partial charge >= 0.3 is 0 Å². The van der Waals surface area contributed by atoms with E-state index in [0.717, 1.165) is 19.0 Å². The average molecular weight is 186 g/mol. The molecule has 0 aliphatic rings. The van der Waals surface area contributed by atoms with E-state index in [2.05, 4.69) is 6.92 Å². The highest BCUT2D eigenvalue weighted by molar-refractivity contribution is 4.60. The van der Waals surface area contributed by atoms with Gasteiger partial charge in [0.25, 0.3) is 0 Å². The van der Waals surface area contributed by atoms with Crippen molar-refractivity contribution in [1.29, 1.82) is 0 Å². The lowest BCUT2D eigenvalue weighted by Crippen LogP contribution is -2.09. The molecule has 0 aromatic heterocycles. The minimum absolute atomic E-state index is 0.843. The third-order valence-electron chi connectivity index (χ3n) is 2.59. The van der Waals surface area contributed by atoms with Gasteiger partial charge in [0, 0.05) is 0 Å². The second-order valence-electron chi connectivity index (χ2n) is 3.87. The Balaban J connectivity index is 3.33. The molecular weight excluding hydrogens is 160 g/mol. The van der Waals surface area contributed by atoms with E-state index in [0.29, 0.717) is 0 Å². The first-order valence-corrected chi connectivity index (χ1v) is 5.75. The van der Waals surface area contributed by atoms with Crippen molar-refractivity contribution in [3.8, 4) is 0 Å². The molecule has 0 saturated carbocycles. The van der Waals surface area contributed by atoms with E-state index >= 15 is 0 Å². The molecule has 0 aliphatic carbocycles. The molecule has 0 saturated heterocycles. The third-order valence-corrected chi connectivity index (χ3v) is 2.59. The minimum Gasteiger partial charge on any atom is -0.330 e. The van der Waals surface area contributed by atoms with Crippen LogP contribution in [0.1, 0.15) is 51.9 Å². The van der Waals surface area contributed by atoms with Crippen molar-refractivity contribution in [2.24, 2.45) is 17.4 Å². The van der Waals surface area contributed by atoms with Crippen molar-refractivity contribution in [3.63, 3.8) is 0 Å². The summed E-state index contributed by atoms with van der Waals surface area (Å²) < 4.78 is 0. The standard InChI is InChI=1S/C11H26N2/c1-2-6-11(8-10-13)7-4-3-5-9-12/h11H,2-10,12-13H2,1H3. The van der Waals surface area contributed by atoms with Crippen LogP contribution in [-0.4, -0.2) is 13.1 Å². The summed E-state index contributed by atoms with van der Waals surface area (Å²) in [4.78, 5) is 0. The van der Waals surface area contributed by atoms with Crippen LogP contribution in [0.5, 0.6) is 0 Å². The summed E-state index contributed by atoms with van der Waals surface area (Å²) in [5.74, 6) is 0.868. The largest absolute Gasteiger partial charge is 0.330 e. The number of hydrogen-bond acceptors (Lipinski definition) is 2. The molecule has 80 valence electrons. The zero-order valence-electron chi connectivity index (χ0n) is 9.10. The molecule has 0 aromatic carbocycles. The van der Waals surface area contributed by atoms with Gasteiger partial charge in [0.05, 0.1) is 0 Å². The summed E-state index contributed by atoms with van der Waals surface area (Å²) in [5, 5.41) is 0. The zero-order chi connectivity index (χ0) is 9.94. The number of hydrogen-bond donors (Lipinski definition) is 2. The van der Waals surface area contributed by atoms with E-state index < -0.39 is 0 Å². The third kappa shape index (κ3) is 8.26. The van der Waals surface area contributed by atoms with Crippen molar-refractivity contribution in [2.75, 3.05) is 13.1 Å². The maximum Gasteiger partial charge on any atom is -0.00746 e. The van der Waals surface area contributed by atoms with Crippen LogP contribution in [0.4, 0.5) is 0 Å². The van der Waals surface area contributed by atoms with Gasteiger partial charge in [-0.05, 0) is 31.8 Å². The van der Waals surface area contributed by atoms with Crippen LogP contribution in [-0.2, 0) is 0 Å². The fourth-order valence-corrected chi connectivity index (χ4v) is 1.83. The van der Waals surface area contributed by atoms with Gasteiger partial charge in [-0.15, -0.1) is 0 Å². The summed E-state index contributed by atoms with van der Waals surface area (Å²) in [7, 11) is 0. The molecule has 2 nitrogen and oxygen atoms in total. The second kappa shape index (κ2) is 10.0. The topological polar surface area (TPSA) is 52.0 Å². The van der Waals surface area contributed by atoms with Crippen LogP contribution < -0.4 is 11.5 Å². The Morgan fingerprint density at radius 3 is 2.15 bits per heavy atom. The van der Waals surface area contributed by atoms with Crippen molar-refractivity contribution in [1.82, 2.24) is 0 Å². The van der Waals surface area contributed by atoms with E-state index in [1.807, 2.05) is 0 Å². The molecule has 0 bridgehead atoms. The number of rotatable bonds is 9. The molecule has 1 unspecified atom stereocenters. The Kier molecular flexibility index (Phi) is 9.94. The Morgan fingerprint density at radius 1 is 0.846 bits per heavy atom. The van der Waals surface area contributed by atoms with Gasteiger partial charge in [0.2, 0.25) is 0 Å². The lowest BCUT2D eigenvalue weighted by molar-refractivity contribution is 0.402. The lowest BCUT2D eigenvalue weighted by atomic mass is 9.93. The van der Waals surface area contributed by atoms with E-state index in [1.54, 1.807) is 0 Å². The van der Waals surface area contributed by atoms with Crippen LogP contribution in [0.3, 0.4) is 0 Å². The van der Waals surface area contributed by atoms with E-state index in [1.165, 1.54) is 44.9 Å². The van der Waals surface area contributed by atoms with Crippen LogP contribution in [0.25, 0.3) is 0 Å². The summed E-state index contributed by atoms with van der Waals surface area (Å²) in [6.07, 6.45) is 9.01. The molecule has 0 aliphatic heterocycles. The predicted octanol–water partition coefficient (Wildman–Crippen LogP) is 2.27. The molecule has 0 rings (SSSR count). The van der Waals surface area contributed by atoms with Crippen LogP contribution in [0, 0.1) is 5.92 Å². The highest BCUT2D eigenvalue weighted by Gasteiger charge is 2.05. The van der Waals surface area contributed by atoms with Crippen molar-refractivity contribution >= 4 is 0 Å². The monoisotopic (exact) mass is 186 g/mol. The number of unbranched alkanes of at least 4 members (excludes halogenated alkanes) is 2. The molecule has 0 spiro atoms. The van der Waals surface area contributed by atoms with Crippen molar-refractivity contribution in [2.45, 2.75) is 51.9 Å². The van der Waals surface area contributed by atoms with Crippen molar-refractivity contribution in [3.05, 3.63) is 0 Å². The Bertz CT molecular complexity index is 88.1. The molecule has 0 heterocycles. The van der Waals surface area contributed by atoms with Gasteiger partial charge in [-0.1, -0.05) is 39.0 Å². The predicted molar refractivity (Wildman–Crippen MR) is 59.6 cm³/mol. The van der Waals surface area contributed by atoms with E-state index in [-0.39, 0.29) is 0 Å². The van der Waals surface area contributed by atoms with E-state index in [9.17, 15) is 0 Å². The second-order valence-corrected chi connectivity index (χ2v) is 3.87. The van der Waals surface area contributed by atoms with Crippen molar-refractivity contribution < 1.29 is 0 Å². The normalized spacial score (nSPS) is 13.2. The average Bonchev–Trinajstić information content (AvgIpc) is 2.13. The minimum atomic E-state index is 0.843. The summed E-state index contributed by atoms with van der Waals surface area (Å²) in [6.45, 7) is 3.94. The lowest BCUT2D eigenvalue weighted by Gasteiger charge is -2.14. The summed E-state index contributed by atoms with van der Waals surface area (Å²) >= 11 is 0. The fraction of sp³-hybridized carbons (Fsp3) is 1.00. The van der Waals surface area contributed by atoms with Gasteiger partial charge in [0.15, 0.2) is 0 Å². The molecule has 0 radical (unpaired) electrons. The molecular formula is C11H26N2. The van der Waals surface area contributed by atoms with E-state index in [4.69, 9.17) is 11.5 Å². The maximum atomic E-state index is 5.57. The molecule has 13 heavy (non-hydrogen) atoms. The molecule has 1 atom stereocenters. The van der Waals surface area contributed by atoms with Crippen LogP contribution >= 0.6 is 0 Å². The van der Waals surface area contributed by atoms with Crippen LogP contribution in [0.2, 0.25) is 0 Å². The van der Waals surface area contributed by atoms with Gasteiger partial charge in [-0.2, -0.15) is 0 Å². The molecule has 4 N–H and O–H groups in total. The molecule has 2 heteroatoms. The zero-order valence-corrected chi connectivity index (χ0v) is 9.10. The Morgan fingerprint density at radius 2 is 1.62 bits per heavy atom. The van der Waals surface area contributed by atoms with Gasteiger partial charge in [-0.25, -0.2) is 0 Å². The van der Waals surface area contributed by atoms with Gasteiger partial charge in [-0.3, -0.25) is 0 Å². The first-order chi connectivity index (χ1) is 6.35. The molecule has 0 fully saturated rings. The Labute approximate surface area is 83.1 Å². The Hall–Kier alpha value is -0.0800. The maximum absolute atomic E-state index is 5.57. The smallest absolute Gasteiger partial charge is 0.00746 e. The summed E-state index contributed by atoms with van der Waals surface area (Å²) in [5.41, 5.74) is 11.0. The number of nitrogens with two attached hydrogens (primary N) is 2. The highest BCUT2D eigenvalue weighted by Crippen LogP contribution is 2.18.